The molecule has 6 heteroatoms. The maximum absolute atomic E-state index is 10.8. The highest BCUT2D eigenvalue weighted by molar-refractivity contribution is 7.19. The van der Waals surface area contributed by atoms with Crippen LogP contribution in [0.25, 0.3) is 10.6 Å². The SMILES string of the molecule is Cc1cc(Cl)ccc1-c1nc(C(=O)O)c(N)s1. The third-order valence-corrected chi connectivity index (χ3v) is 3.43. The van der Waals surface area contributed by atoms with Crippen LogP contribution in [-0.4, -0.2) is 16.1 Å². The molecule has 0 spiro atoms. The number of hydrogen-bond acceptors (Lipinski definition) is 4. The lowest BCUT2D eigenvalue weighted by atomic mass is 10.1. The number of carbonyl (C=O) groups is 1. The fourth-order valence-corrected chi connectivity index (χ4v) is 2.61. The Morgan fingerprint density at radius 3 is 2.76 bits per heavy atom. The van der Waals surface area contributed by atoms with E-state index in [-0.39, 0.29) is 10.7 Å². The Balaban J connectivity index is 2.53. The van der Waals surface area contributed by atoms with E-state index in [2.05, 4.69) is 4.98 Å². The number of thiazole rings is 1. The second kappa shape index (κ2) is 4.35. The predicted octanol–water partition coefficient (Wildman–Crippen LogP) is 3.05. The minimum Gasteiger partial charge on any atom is -0.476 e. The lowest BCUT2D eigenvalue weighted by Crippen LogP contribution is -2.00. The predicted molar refractivity (Wildman–Crippen MR) is 68.7 cm³/mol. The summed E-state index contributed by atoms with van der Waals surface area (Å²) < 4.78 is 0. The molecule has 3 N–H and O–H groups in total. The molecule has 0 amide bonds. The summed E-state index contributed by atoms with van der Waals surface area (Å²) in [6.07, 6.45) is 0. The molecule has 0 saturated heterocycles. The summed E-state index contributed by atoms with van der Waals surface area (Å²) in [5, 5.41) is 10.3. The Labute approximate surface area is 107 Å². The zero-order valence-electron chi connectivity index (χ0n) is 8.90. The Kier molecular flexibility index (Phi) is 3.04. The molecule has 2 rings (SSSR count). The van der Waals surface area contributed by atoms with E-state index in [0.717, 1.165) is 22.5 Å². The van der Waals surface area contributed by atoms with Gasteiger partial charge in [0.2, 0.25) is 0 Å². The zero-order valence-corrected chi connectivity index (χ0v) is 10.5. The highest BCUT2D eigenvalue weighted by Crippen LogP contribution is 2.32. The van der Waals surface area contributed by atoms with Crippen LogP contribution in [0.3, 0.4) is 0 Å². The van der Waals surface area contributed by atoms with Gasteiger partial charge in [-0.2, -0.15) is 0 Å². The topological polar surface area (TPSA) is 76.2 Å². The molecule has 1 heterocycles. The molecule has 88 valence electrons. The number of carboxylic acids is 1. The molecule has 0 aliphatic rings. The van der Waals surface area contributed by atoms with E-state index in [4.69, 9.17) is 22.4 Å². The Morgan fingerprint density at radius 2 is 2.24 bits per heavy atom. The summed E-state index contributed by atoms with van der Waals surface area (Å²) in [5.41, 5.74) is 7.29. The molecular formula is C11H9ClN2O2S. The van der Waals surface area contributed by atoms with Gasteiger partial charge in [0.15, 0.2) is 5.69 Å². The number of carboxylic acid groups (broad SMARTS) is 1. The van der Waals surface area contributed by atoms with Crippen molar-refractivity contribution in [2.75, 3.05) is 5.73 Å². The van der Waals surface area contributed by atoms with Gasteiger partial charge < -0.3 is 10.8 Å². The molecule has 4 nitrogen and oxygen atoms in total. The van der Waals surface area contributed by atoms with E-state index in [1.807, 2.05) is 13.0 Å². The monoisotopic (exact) mass is 268 g/mol. The van der Waals surface area contributed by atoms with Gasteiger partial charge >= 0.3 is 5.97 Å². The zero-order chi connectivity index (χ0) is 12.6. The van der Waals surface area contributed by atoms with Crippen LogP contribution >= 0.6 is 22.9 Å². The quantitative estimate of drug-likeness (QED) is 0.878. The van der Waals surface area contributed by atoms with Crippen molar-refractivity contribution in [3.63, 3.8) is 0 Å². The van der Waals surface area contributed by atoms with Gasteiger partial charge in [-0.3, -0.25) is 0 Å². The molecule has 1 aromatic carbocycles. The molecule has 0 aliphatic carbocycles. The van der Waals surface area contributed by atoms with Crippen LogP contribution in [0.5, 0.6) is 0 Å². The van der Waals surface area contributed by atoms with Crippen molar-refractivity contribution in [1.82, 2.24) is 4.98 Å². The summed E-state index contributed by atoms with van der Waals surface area (Å²) in [6.45, 7) is 1.89. The molecule has 0 saturated carbocycles. The van der Waals surface area contributed by atoms with E-state index in [9.17, 15) is 4.79 Å². The maximum atomic E-state index is 10.8. The molecule has 0 bridgehead atoms. The largest absolute Gasteiger partial charge is 0.476 e. The maximum Gasteiger partial charge on any atom is 0.357 e. The number of nitrogen functional groups attached to an aromatic ring is 1. The van der Waals surface area contributed by atoms with Gasteiger partial charge in [-0.15, -0.1) is 0 Å². The molecule has 0 unspecified atom stereocenters. The number of rotatable bonds is 2. The van der Waals surface area contributed by atoms with Gasteiger partial charge in [0.25, 0.3) is 0 Å². The number of hydrogen-bond donors (Lipinski definition) is 2. The smallest absolute Gasteiger partial charge is 0.357 e. The number of aryl methyl sites for hydroxylation is 1. The molecule has 0 atom stereocenters. The van der Waals surface area contributed by atoms with Crippen molar-refractivity contribution >= 4 is 33.9 Å². The van der Waals surface area contributed by atoms with E-state index in [1.165, 1.54) is 0 Å². The Hall–Kier alpha value is -1.59. The van der Waals surface area contributed by atoms with Crippen molar-refractivity contribution in [1.29, 1.82) is 0 Å². The molecule has 1 aromatic heterocycles. The van der Waals surface area contributed by atoms with Crippen LogP contribution in [0, 0.1) is 6.92 Å². The van der Waals surface area contributed by atoms with Gasteiger partial charge in [-0.25, -0.2) is 9.78 Å². The van der Waals surface area contributed by atoms with Crippen molar-refractivity contribution in [3.8, 4) is 10.6 Å². The van der Waals surface area contributed by atoms with E-state index in [0.29, 0.717) is 10.0 Å². The number of aromatic nitrogens is 1. The van der Waals surface area contributed by atoms with Crippen LogP contribution in [0.2, 0.25) is 5.02 Å². The molecular weight excluding hydrogens is 260 g/mol. The number of anilines is 1. The van der Waals surface area contributed by atoms with Crippen molar-refractivity contribution in [2.24, 2.45) is 0 Å². The van der Waals surface area contributed by atoms with Crippen molar-refractivity contribution in [2.45, 2.75) is 6.92 Å². The average molecular weight is 269 g/mol. The summed E-state index contributed by atoms with van der Waals surface area (Å²) >= 11 is 7.01. The summed E-state index contributed by atoms with van der Waals surface area (Å²) in [5.74, 6) is -1.11. The van der Waals surface area contributed by atoms with Crippen LogP contribution in [0.15, 0.2) is 18.2 Å². The average Bonchev–Trinajstić information content (AvgIpc) is 2.60. The number of halogens is 1. The van der Waals surface area contributed by atoms with Crippen molar-refractivity contribution < 1.29 is 9.90 Å². The molecule has 17 heavy (non-hydrogen) atoms. The first-order valence-electron chi connectivity index (χ1n) is 4.75. The van der Waals surface area contributed by atoms with Crippen LogP contribution in [0.1, 0.15) is 16.1 Å². The van der Waals surface area contributed by atoms with E-state index < -0.39 is 5.97 Å². The minimum atomic E-state index is -1.11. The van der Waals surface area contributed by atoms with Crippen LogP contribution in [0.4, 0.5) is 5.00 Å². The second-order valence-electron chi connectivity index (χ2n) is 3.50. The minimum absolute atomic E-state index is 0.0978. The summed E-state index contributed by atoms with van der Waals surface area (Å²) in [7, 11) is 0. The molecule has 0 radical (unpaired) electrons. The Morgan fingerprint density at radius 1 is 1.53 bits per heavy atom. The highest BCUT2D eigenvalue weighted by Gasteiger charge is 2.16. The fourth-order valence-electron chi connectivity index (χ4n) is 1.47. The number of benzene rings is 1. The van der Waals surface area contributed by atoms with Gasteiger partial charge in [0.1, 0.15) is 10.0 Å². The van der Waals surface area contributed by atoms with Crippen LogP contribution in [-0.2, 0) is 0 Å². The fraction of sp³-hybridized carbons (Fsp3) is 0.0909. The lowest BCUT2D eigenvalue weighted by molar-refractivity contribution is 0.0692. The van der Waals surface area contributed by atoms with Gasteiger partial charge in [0.05, 0.1) is 0 Å². The first kappa shape index (κ1) is 11.9. The number of nitrogens with two attached hydrogens (primary N) is 1. The summed E-state index contributed by atoms with van der Waals surface area (Å²) in [6, 6.07) is 5.35. The second-order valence-corrected chi connectivity index (χ2v) is 4.96. The van der Waals surface area contributed by atoms with Crippen LogP contribution < -0.4 is 5.73 Å². The van der Waals surface area contributed by atoms with Gasteiger partial charge in [-0.1, -0.05) is 29.0 Å². The van der Waals surface area contributed by atoms with Gasteiger partial charge in [-0.05, 0) is 24.6 Å². The van der Waals surface area contributed by atoms with Gasteiger partial charge in [0, 0.05) is 10.6 Å². The standard InChI is InChI=1S/C11H9ClN2O2S/c1-5-4-6(12)2-3-7(5)10-14-8(11(15)16)9(13)17-10/h2-4H,13H2,1H3,(H,15,16). The summed E-state index contributed by atoms with van der Waals surface area (Å²) in [4.78, 5) is 14.9. The first-order valence-corrected chi connectivity index (χ1v) is 5.94. The number of nitrogens with zero attached hydrogens (tertiary/aromatic N) is 1. The lowest BCUT2D eigenvalue weighted by Gasteiger charge is -2.01. The van der Waals surface area contributed by atoms with Crippen molar-refractivity contribution in [3.05, 3.63) is 34.5 Å². The third-order valence-electron chi connectivity index (χ3n) is 2.27. The third kappa shape index (κ3) is 2.25. The Bertz CT molecular complexity index is 595. The highest BCUT2D eigenvalue weighted by atomic mass is 35.5. The normalized spacial score (nSPS) is 10.5. The van der Waals surface area contributed by atoms with E-state index in [1.54, 1.807) is 12.1 Å². The number of aromatic carboxylic acids is 1. The molecule has 0 aliphatic heterocycles. The molecule has 0 fully saturated rings. The molecule has 2 aromatic rings. The van der Waals surface area contributed by atoms with E-state index >= 15 is 0 Å². The first-order chi connectivity index (χ1) is 7.99.